The second-order valence-corrected chi connectivity index (χ2v) is 9.38. The van der Waals surface area contributed by atoms with Crippen LogP contribution in [0, 0.1) is 0 Å². The van der Waals surface area contributed by atoms with Crippen LogP contribution < -0.4 is 5.32 Å². The number of aryl methyl sites for hydroxylation is 2. The number of nitrogens with one attached hydrogen (secondary N) is 1. The van der Waals surface area contributed by atoms with E-state index in [1.54, 1.807) is 0 Å². The summed E-state index contributed by atoms with van der Waals surface area (Å²) in [7, 11) is 2.04. The van der Waals surface area contributed by atoms with Gasteiger partial charge in [-0.25, -0.2) is 0 Å². The standard InChI is InChI=1S/C28H27N5OS/c1-32-17-8-13-23(32)19-26-30-31-28(33(26)18-16-21-9-3-2-4-10-21)35-20-27(34)29-25-15-7-12-22-11-5-6-14-24(22)25/h2-15,17H,16,18-20H2,1H3,(H,29,34). The molecule has 1 amide bonds. The van der Waals surface area contributed by atoms with Crippen LogP contribution >= 0.6 is 11.8 Å². The Hall–Kier alpha value is -3.84. The van der Waals surface area contributed by atoms with Crippen molar-refractivity contribution in [1.29, 1.82) is 0 Å². The molecule has 0 fully saturated rings. The van der Waals surface area contributed by atoms with Gasteiger partial charge in [0.2, 0.25) is 5.91 Å². The maximum absolute atomic E-state index is 12.8. The molecule has 1 N–H and O–H groups in total. The van der Waals surface area contributed by atoms with Crippen molar-refractivity contribution < 1.29 is 4.79 Å². The monoisotopic (exact) mass is 481 g/mol. The van der Waals surface area contributed by atoms with E-state index in [2.05, 4.69) is 55.0 Å². The average molecular weight is 482 g/mol. The van der Waals surface area contributed by atoms with Gasteiger partial charge in [-0.3, -0.25) is 4.79 Å². The molecule has 0 spiro atoms. The maximum atomic E-state index is 12.8. The quantitative estimate of drug-likeness (QED) is 0.289. The largest absolute Gasteiger partial charge is 0.354 e. The van der Waals surface area contributed by atoms with Crippen molar-refractivity contribution in [2.75, 3.05) is 11.1 Å². The zero-order valence-electron chi connectivity index (χ0n) is 19.6. The van der Waals surface area contributed by atoms with Crippen LogP contribution in [0.5, 0.6) is 0 Å². The van der Waals surface area contributed by atoms with E-state index >= 15 is 0 Å². The summed E-state index contributed by atoms with van der Waals surface area (Å²) in [5.41, 5.74) is 3.25. The van der Waals surface area contributed by atoms with E-state index in [-0.39, 0.29) is 11.7 Å². The lowest BCUT2D eigenvalue weighted by Gasteiger charge is -2.12. The van der Waals surface area contributed by atoms with Crippen molar-refractivity contribution in [3.8, 4) is 0 Å². The summed E-state index contributed by atoms with van der Waals surface area (Å²) < 4.78 is 4.25. The number of anilines is 1. The molecule has 0 aliphatic rings. The molecule has 7 heteroatoms. The van der Waals surface area contributed by atoms with E-state index in [1.807, 2.05) is 67.8 Å². The Kier molecular flexibility index (Phi) is 6.95. The fourth-order valence-electron chi connectivity index (χ4n) is 4.16. The number of thioether (sulfide) groups is 1. The summed E-state index contributed by atoms with van der Waals surface area (Å²) in [6, 6.07) is 28.5. The minimum absolute atomic E-state index is 0.0621. The van der Waals surface area contributed by atoms with Crippen LogP contribution in [0.2, 0.25) is 0 Å². The Morgan fingerprint density at radius 3 is 2.54 bits per heavy atom. The molecule has 176 valence electrons. The van der Waals surface area contributed by atoms with Crippen molar-refractivity contribution in [1.82, 2.24) is 19.3 Å². The molecule has 2 heterocycles. The normalized spacial score (nSPS) is 11.1. The molecule has 0 atom stereocenters. The lowest BCUT2D eigenvalue weighted by molar-refractivity contribution is -0.113. The minimum atomic E-state index is -0.0621. The van der Waals surface area contributed by atoms with Crippen molar-refractivity contribution in [2.24, 2.45) is 7.05 Å². The third kappa shape index (κ3) is 5.46. The smallest absolute Gasteiger partial charge is 0.234 e. The van der Waals surface area contributed by atoms with E-state index in [0.717, 1.165) is 40.4 Å². The second-order valence-electron chi connectivity index (χ2n) is 8.44. The summed E-state index contributed by atoms with van der Waals surface area (Å²) in [4.78, 5) is 12.8. The highest BCUT2D eigenvalue weighted by Crippen LogP contribution is 2.24. The first kappa shape index (κ1) is 22.9. The molecular weight excluding hydrogens is 454 g/mol. The Bertz CT molecular complexity index is 1440. The van der Waals surface area contributed by atoms with E-state index in [9.17, 15) is 4.79 Å². The molecular formula is C28H27N5OS. The SMILES string of the molecule is Cn1cccc1Cc1nnc(SCC(=O)Nc2cccc3ccccc23)n1CCc1ccccc1. The van der Waals surface area contributed by atoms with Crippen molar-refractivity contribution in [3.63, 3.8) is 0 Å². The van der Waals surface area contributed by atoms with Gasteiger partial charge in [0.1, 0.15) is 5.82 Å². The number of benzene rings is 3. The van der Waals surface area contributed by atoms with Crippen LogP contribution in [0.1, 0.15) is 17.1 Å². The average Bonchev–Trinajstić information content (AvgIpc) is 3.47. The van der Waals surface area contributed by atoms with Gasteiger partial charge in [-0.15, -0.1) is 10.2 Å². The lowest BCUT2D eigenvalue weighted by atomic mass is 10.1. The second kappa shape index (κ2) is 10.6. The first-order valence-electron chi connectivity index (χ1n) is 11.6. The molecule has 0 saturated carbocycles. The fourth-order valence-corrected chi connectivity index (χ4v) is 4.94. The van der Waals surface area contributed by atoms with Crippen molar-refractivity contribution in [2.45, 2.75) is 24.5 Å². The van der Waals surface area contributed by atoms with Gasteiger partial charge in [0, 0.05) is 43.0 Å². The molecule has 2 aromatic heterocycles. The Morgan fingerprint density at radius 1 is 0.914 bits per heavy atom. The molecule has 6 nitrogen and oxygen atoms in total. The highest BCUT2D eigenvalue weighted by Gasteiger charge is 2.16. The molecule has 3 aromatic carbocycles. The van der Waals surface area contributed by atoms with Crippen LogP contribution in [0.3, 0.4) is 0 Å². The third-order valence-electron chi connectivity index (χ3n) is 6.05. The van der Waals surface area contributed by atoms with E-state index in [0.29, 0.717) is 6.42 Å². The molecule has 0 radical (unpaired) electrons. The molecule has 0 unspecified atom stereocenters. The van der Waals surface area contributed by atoms with Crippen LogP contribution in [-0.4, -0.2) is 31.0 Å². The summed E-state index contributed by atoms with van der Waals surface area (Å²) >= 11 is 1.42. The van der Waals surface area contributed by atoms with Gasteiger partial charge in [0.25, 0.3) is 0 Å². The van der Waals surface area contributed by atoms with Crippen LogP contribution in [0.4, 0.5) is 5.69 Å². The van der Waals surface area contributed by atoms with Gasteiger partial charge >= 0.3 is 0 Å². The van der Waals surface area contributed by atoms with Gasteiger partial charge in [0.15, 0.2) is 5.16 Å². The van der Waals surface area contributed by atoms with Gasteiger partial charge in [-0.05, 0) is 35.6 Å². The molecule has 5 aromatic rings. The van der Waals surface area contributed by atoms with Gasteiger partial charge in [-0.2, -0.15) is 0 Å². The van der Waals surface area contributed by atoms with Gasteiger partial charge in [0.05, 0.1) is 5.75 Å². The maximum Gasteiger partial charge on any atom is 0.234 e. The van der Waals surface area contributed by atoms with E-state index < -0.39 is 0 Å². The van der Waals surface area contributed by atoms with Crippen LogP contribution in [0.15, 0.2) is 96.3 Å². The zero-order chi connectivity index (χ0) is 24.0. The topological polar surface area (TPSA) is 64.7 Å². The van der Waals surface area contributed by atoms with Crippen molar-refractivity contribution in [3.05, 3.63) is 108 Å². The number of nitrogens with zero attached hydrogens (tertiary/aromatic N) is 4. The number of hydrogen-bond donors (Lipinski definition) is 1. The predicted octanol–water partition coefficient (Wildman–Crippen LogP) is 5.33. The molecule has 0 saturated heterocycles. The molecule has 35 heavy (non-hydrogen) atoms. The molecule has 5 rings (SSSR count). The number of fused-ring (bicyclic) bond motifs is 1. The van der Waals surface area contributed by atoms with E-state index in [4.69, 9.17) is 0 Å². The predicted molar refractivity (Wildman–Crippen MR) is 142 cm³/mol. The minimum Gasteiger partial charge on any atom is -0.354 e. The zero-order valence-corrected chi connectivity index (χ0v) is 20.4. The number of carbonyl (C=O) groups excluding carboxylic acids is 1. The summed E-state index contributed by atoms with van der Waals surface area (Å²) in [5, 5.41) is 14.9. The number of aromatic nitrogens is 4. The molecule has 0 aliphatic heterocycles. The first-order valence-corrected chi connectivity index (χ1v) is 12.6. The Balaban J connectivity index is 1.31. The first-order chi connectivity index (χ1) is 17.2. The van der Waals surface area contributed by atoms with Gasteiger partial charge in [-0.1, -0.05) is 78.5 Å². The third-order valence-corrected chi connectivity index (χ3v) is 7.01. The Morgan fingerprint density at radius 2 is 1.71 bits per heavy atom. The van der Waals surface area contributed by atoms with E-state index in [1.165, 1.54) is 23.0 Å². The lowest BCUT2D eigenvalue weighted by Crippen LogP contribution is -2.15. The van der Waals surface area contributed by atoms with Crippen LogP contribution in [-0.2, 0) is 31.2 Å². The van der Waals surface area contributed by atoms with Gasteiger partial charge < -0.3 is 14.5 Å². The summed E-state index contributed by atoms with van der Waals surface area (Å²) in [6.07, 6.45) is 3.59. The number of rotatable bonds is 9. The number of amides is 1. The Labute approximate surface area is 209 Å². The van der Waals surface area contributed by atoms with Crippen molar-refractivity contribution >= 4 is 34.1 Å². The summed E-state index contributed by atoms with van der Waals surface area (Å²) in [5.74, 6) is 1.10. The fraction of sp³-hybridized carbons (Fsp3) is 0.179. The summed E-state index contributed by atoms with van der Waals surface area (Å²) in [6.45, 7) is 0.754. The van der Waals surface area contributed by atoms with Crippen LogP contribution in [0.25, 0.3) is 10.8 Å². The number of carbonyl (C=O) groups is 1. The molecule has 0 bridgehead atoms. The molecule has 0 aliphatic carbocycles. The highest BCUT2D eigenvalue weighted by molar-refractivity contribution is 7.99. The number of hydrogen-bond acceptors (Lipinski definition) is 4. The highest BCUT2D eigenvalue weighted by atomic mass is 32.2.